The lowest BCUT2D eigenvalue weighted by atomic mass is 9.98. The van der Waals surface area contributed by atoms with E-state index < -0.39 is 18.4 Å². The van der Waals surface area contributed by atoms with Crippen LogP contribution in [0.25, 0.3) is 11.2 Å². The second-order valence-corrected chi connectivity index (χ2v) is 4.71. The minimum atomic E-state index is -0.798. The summed E-state index contributed by atoms with van der Waals surface area (Å²) in [6.07, 6.45) is 0.980. The monoisotopic (exact) mass is 289 g/mol. The number of nitrogens with one attached hydrogen (secondary N) is 1. The van der Waals surface area contributed by atoms with E-state index in [0.29, 0.717) is 5.65 Å². The maximum atomic E-state index is 11.9. The molecule has 0 spiro atoms. The highest BCUT2D eigenvalue weighted by atomic mass is 16.5. The van der Waals surface area contributed by atoms with Gasteiger partial charge in [-0.25, -0.2) is 0 Å². The standard InChI is InChI=1S/C11H11BN5O4/c13-3-12-17-5-16(8-1-6(19)7(2-18)21-8)10-9(17)11(20)15-4-14-10/h4-8,18-19H,1-2H2/q-1/p+1/t6-,7+,8?/m0/s1. The normalized spacial score (nSPS) is 25.3. The van der Waals surface area contributed by atoms with Crippen LogP contribution in [0.1, 0.15) is 12.6 Å². The zero-order valence-corrected chi connectivity index (χ0v) is 10.9. The summed E-state index contributed by atoms with van der Waals surface area (Å²) in [5.74, 6) is 1.85. The fourth-order valence-corrected chi connectivity index (χ4v) is 2.47. The molecule has 10 heteroatoms. The summed E-state index contributed by atoms with van der Waals surface area (Å²) in [6, 6.07) is 0. The maximum absolute atomic E-state index is 11.9. The lowest BCUT2D eigenvalue weighted by Gasteiger charge is -2.09. The summed E-state index contributed by atoms with van der Waals surface area (Å²) in [5.41, 5.74) is 0.160. The zero-order valence-electron chi connectivity index (χ0n) is 10.9. The molecule has 0 aliphatic carbocycles. The smallest absolute Gasteiger partial charge is 0.297 e. The van der Waals surface area contributed by atoms with Gasteiger partial charge >= 0.3 is 0 Å². The van der Waals surface area contributed by atoms with Crippen LogP contribution in [0, 0.1) is 11.2 Å². The number of nitrogens with zero attached hydrogens (tertiary/aromatic N) is 4. The van der Waals surface area contributed by atoms with Crippen molar-refractivity contribution in [2.45, 2.75) is 24.9 Å². The summed E-state index contributed by atoms with van der Waals surface area (Å²) < 4.78 is 8.47. The van der Waals surface area contributed by atoms with E-state index in [1.807, 2.05) is 5.97 Å². The van der Waals surface area contributed by atoms with Crippen LogP contribution in [0.2, 0.25) is 0 Å². The first kappa shape index (κ1) is 13.8. The topological polar surface area (TPSA) is 128 Å². The molecular weight excluding hydrogens is 277 g/mol. The molecule has 0 saturated carbocycles. The summed E-state index contributed by atoms with van der Waals surface area (Å²) in [4.78, 5) is 18.4. The van der Waals surface area contributed by atoms with Gasteiger partial charge in [0.25, 0.3) is 11.2 Å². The van der Waals surface area contributed by atoms with Gasteiger partial charge in [-0.15, -0.1) is 0 Å². The minimum absolute atomic E-state index is 0.213. The van der Waals surface area contributed by atoms with Gasteiger partial charge in [-0.2, -0.15) is 15.5 Å². The van der Waals surface area contributed by atoms with Crippen molar-refractivity contribution in [1.29, 1.82) is 5.26 Å². The van der Waals surface area contributed by atoms with Crippen molar-refractivity contribution in [2.24, 2.45) is 0 Å². The Morgan fingerprint density at radius 2 is 2.52 bits per heavy atom. The zero-order chi connectivity index (χ0) is 15.0. The first-order chi connectivity index (χ1) is 10.2. The Labute approximate surface area is 119 Å². The average molecular weight is 289 g/mol. The number of nitriles is 1. The molecule has 2 radical (unpaired) electrons. The Bertz CT molecular complexity index is 766. The summed E-state index contributed by atoms with van der Waals surface area (Å²) in [7, 11) is 1.17. The predicted octanol–water partition coefficient (Wildman–Crippen LogP) is -2.40. The molecule has 3 atom stereocenters. The number of aliphatic hydroxyl groups excluding tert-OH is 2. The van der Waals surface area contributed by atoms with Crippen molar-refractivity contribution in [1.82, 2.24) is 14.5 Å². The number of hydrogen-bond donors (Lipinski definition) is 3. The van der Waals surface area contributed by atoms with Crippen LogP contribution in [-0.4, -0.2) is 51.0 Å². The summed E-state index contributed by atoms with van der Waals surface area (Å²) in [5, 5.41) is 27.7. The van der Waals surface area contributed by atoms with Gasteiger partial charge in [0.05, 0.1) is 26.5 Å². The molecule has 1 saturated heterocycles. The lowest BCUT2D eigenvalue weighted by Crippen LogP contribution is -2.41. The van der Waals surface area contributed by atoms with Crippen LogP contribution in [-0.2, 0) is 4.74 Å². The van der Waals surface area contributed by atoms with Crippen molar-refractivity contribution >= 4 is 18.6 Å². The molecule has 0 amide bonds. The summed E-state index contributed by atoms with van der Waals surface area (Å²) in [6.45, 7) is -0.296. The number of aliphatic hydroxyl groups is 2. The average Bonchev–Trinajstić information content (AvgIpc) is 3.01. The number of fused-ring (bicyclic) bond motifs is 1. The van der Waals surface area contributed by atoms with E-state index >= 15 is 0 Å². The number of H-pyrrole nitrogens is 1. The molecular formula is C11H12BN5O4. The van der Waals surface area contributed by atoms with Crippen molar-refractivity contribution in [3.63, 3.8) is 0 Å². The molecule has 0 aromatic carbocycles. The number of ether oxygens (including phenoxy) is 1. The SMILES string of the molecule is N#C[B-][n+]1cn(C2C[C@H](O)[C@@H](CO)O2)c2nc[nH]c(=O)c21. The molecule has 1 aliphatic rings. The Morgan fingerprint density at radius 1 is 1.71 bits per heavy atom. The van der Waals surface area contributed by atoms with Crippen LogP contribution in [0.4, 0.5) is 0 Å². The van der Waals surface area contributed by atoms with Gasteiger partial charge in [0.15, 0.2) is 6.33 Å². The van der Waals surface area contributed by atoms with Gasteiger partial charge in [-0.05, 0) is 0 Å². The van der Waals surface area contributed by atoms with Gasteiger partial charge in [-0.3, -0.25) is 10.1 Å². The Kier molecular flexibility index (Phi) is 3.46. The quantitative estimate of drug-likeness (QED) is 0.540. The molecule has 3 heterocycles. The highest BCUT2D eigenvalue weighted by Crippen LogP contribution is 2.29. The van der Waals surface area contributed by atoms with Crippen molar-refractivity contribution in [2.75, 3.05) is 6.61 Å². The van der Waals surface area contributed by atoms with Crippen LogP contribution < -0.4 is 10.0 Å². The van der Waals surface area contributed by atoms with E-state index in [0.717, 1.165) is 0 Å². The van der Waals surface area contributed by atoms with Gasteiger partial charge < -0.3 is 24.4 Å². The second-order valence-electron chi connectivity index (χ2n) is 4.71. The van der Waals surface area contributed by atoms with E-state index in [2.05, 4.69) is 9.97 Å². The third-order valence-electron chi connectivity index (χ3n) is 3.45. The fourth-order valence-electron chi connectivity index (χ4n) is 2.47. The molecule has 108 valence electrons. The number of aromatic nitrogens is 4. The molecule has 3 rings (SSSR count). The highest BCUT2D eigenvalue weighted by Gasteiger charge is 2.38. The number of aromatic amines is 1. The third-order valence-corrected chi connectivity index (χ3v) is 3.45. The van der Waals surface area contributed by atoms with E-state index in [1.54, 1.807) is 4.57 Å². The van der Waals surface area contributed by atoms with Gasteiger partial charge in [0.2, 0.25) is 11.7 Å². The molecule has 1 fully saturated rings. The maximum Gasteiger partial charge on any atom is 0.297 e. The molecule has 9 nitrogen and oxygen atoms in total. The van der Waals surface area contributed by atoms with Crippen LogP contribution in [0.3, 0.4) is 0 Å². The molecule has 1 aliphatic heterocycles. The lowest BCUT2D eigenvalue weighted by molar-refractivity contribution is -0.499. The van der Waals surface area contributed by atoms with E-state index in [4.69, 9.17) is 15.1 Å². The number of imidazole rings is 1. The van der Waals surface area contributed by atoms with Crippen LogP contribution in [0.5, 0.6) is 0 Å². The van der Waals surface area contributed by atoms with Crippen molar-refractivity contribution in [3.8, 4) is 5.97 Å². The number of hydrogen-bond acceptors (Lipinski definition) is 6. The first-order valence-electron chi connectivity index (χ1n) is 6.32. The Hall–Kier alpha value is -2.22. The van der Waals surface area contributed by atoms with Gasteiger partial charge in [0, 0.05) is 6.42 Å². The first-order valence-corrected chi connectivity index (χ1v) is 6.32. The fraction of sp³-hybridized carbons (Fsp3) is 0.455. The van der Waals surface area contributed by atoms with Crippen LogP contribution >= 0.6 is 0 Å². The summed E-state index contributed by atoms with van der Waals surface area (Å²) >= 11 is 0. The van der Waals surface area contributed by atoms with E-state index in [1.165, 1.54) is 24.5 Å². The molecule has 2 aromatic rings. The van der Waals surface area contributed by atoms with Crippen molar-refractivity contribution in [3.05, 3.63) is 23.0 Å². The van der Waals surface area contributed by atoms with E-state index in [9.17, 15) is 9.90 Å². The minimum Gasteiger partial charge on any atom is -0.465 e. The van der Waals surface area contributed by atoms with Crippen LogP contribution in [0.15, 0.2) is 17.4 Å². The predicted molar refractivity (Wildman–Crippen MR) is 68.9 cm³/mol. The second kappa shape index (κ2) is 5.29. The third kappa shape index (κ3) is 2.21. The molecule has 2 aromatic heterocycles. The molecule has 1 unspecified atom stereocenters. The van der Waals surface area contributed by atoms with E-state index in [-0.39, 0.29) is 24.1 Å². The molecule has 3 N–H and O–H groups in total. The van der Waals surface area contributed by atoms with Crippen molar-refractivity contribution < 1.29 is 19.4 Å². The Balaban J connectivity index is 2.10. The van der Waals surface area contributed by atoms with Gasteiger partial charge in [-0.1, -0.05) is 0 Å². The molecule has 0 bridgehead atoms. The molecule has 21 heavy (non-hydrogen) atoms. The Morgan fingerprint density at radius 3 is 3.19 bits per heavy atom. The highest BCUT2D eigenvalue weighted by molar-refractivity contribution is 6.35. The van der Waals surface area contributed by atoms with Gasteiger partial charge in [0.1, 0.15) is 6.10 Å². The number of rotatable bonds is 3. The largest absolute Gasteiger partial charge is 0.465 e.